The molecule has 0 aliphatic carbocycles. The predicted molar refractivity (Wildman–Crippen MR) is 78.3 cm³/mol. The van der Waals surface area contributed by atoms with E-state index in [2.05, 4.69) is 47.4 Å². The molecule has 86 valence electrons. The molecule has 1 N–H and O–H groups in total. The largest absolute Gasteiger partial charge is 0.354 e. The van der Waals surface area contributed by atoms with Crippen LogP contribution in [-0.2, 0) is 0 Å². The molecule has 1 aromatic heterocycles. The van der Waals surface area contributed by atoms with E-state index >= 15 is 0 Å². The minimum Gasteiger partial charge on any atom is -0.354 e. The number of nitrogens with one attached hydrogen (secondary N) is 1. The highest BCUT2D eigenvalue weighted by Crippen LogP contribution is 2.35. The molecule has 1 heterocycles. The molecule has 2 heteroatoms. The van der Waals surface area contributed by atoms with Gasteiger partial charge < -0.3 is 4.98 Å². The standard InChI is InChI=1S/C16H10ClN/c17-12-6-3-7-13-16(12)15-11-5-2-1-4-10(11)8-9-14(15)18-13/h1-9,18H. The fourth-order valence-corrected chi connectivity index (χ4v) is 2.94. The maximum absolute atomic E-state index is 6.36. The van der Waals surface area contributed by atoms with E-state index in [1.807, 2.05) is 12.1 Å². The van der Waals surface area contributed by atoms with Gasteiger partial charge in [-0.25, -0.2) is 0 Å². The Kier molecular flexibility index (Phi) is 1.94. The lowest BCUT2D eigenvalue weighted by Crippen LogP contribution is -1.74. The minimum absolute atomic E-state index is 0.801. The monoisotopic (exact) mass is 251 g/mol. The van der Waals surface area contributed by atoms with Gasteiger partial charge in [0.25, 0.3) is 0 Å². The molecule has 0 amide bonds. The van der Waals surface area contributed by atoms with Crippen LogP contribution in [0, 0.1) is 0 Å². The molecule has 18 heavy (non-hydrogen) atoms. The van der Waals surface area contributed by atoms with Crippen molar-refractivity contribution >= 4 is 44.2 Å². The Morgan fingerprint density at radius 1 is 0.722 bits per heavy atom. The summed E-state index contributed by atoms with van der Waals surface area (Å²) in [6.07, 6.45) is 0. The topological polar surface area (TPSA) is 15.8 Å². The zero-order valence-electron chi connectivity index (χ0n) is 9.57. The molecule has 0 aliphatic rings. The first-order chi connectivity index (χ1) is 8.84. The number of fused-ring (bicyclic) bond motifs is 5. The fourth-order valence-electron chi connectivity index (χ4n) is 2.67. The van der Waals surface area contributed by atoms with Crippen LogP contribution in [0.2, 0.25) is 5.02 Å². The lowest BCUT2D eigenvalue weighted by atomic mass is 10.0. The van der Waals surface area contributed by atoms with Crippen LogP contribution < -0.4 is 0 Å². The summed E-state index contributed by atoms with van der Waals surface area (Å²) in [5.41, 5.74) is 2.23. The first kappa shape index (κ1) is 9.98. The van der Waals surface area contributed by atoms with Crippen LogP contribution in [-0.4, -0.2) is 4.98 Å². The molecule has 3 aromatic carbocycles. The molecule has 1 nitrogen and oxygen atoms in total. The summed E-state index contributed by atoms with van der Waals surface area (Å²) in [5.74, 6) is 0. The van der Waals surface area contributed by atoms with Crippen LogP contribution in [0.25, 0.3) is 32.6 Å². The highest BCUT2D eigenvalue weighted by atomic mass is 35.5. The van der Waals surface area contributed by atoms with Crippen molar-refractivity contribution in [3.8, 4) is 0 Å². The number of hydrogen-bond donors (Lipinski definition) is 1. The van der Waals surface area contributed by atoms with Crippen molar-refractivity contribution in [2.75, 3.05) is 0 Å². The van der Waals surface area contributed by atoms with E-state index in [0.717, 1.165) is 21.4 Å². The van der Waals surface area contributed by atoms with Crippen molar-refractivity contribution in [1.29, 1.82) is 0 Å². The quantitative estimate of drug-likeness (QED) is 0.446. The lowest BCUT2D eigenvalue weighted by Gasteiger charge is -2.00. The summed E-state index contributed by atoms with van der Waals surface area (Å²) >= 11 is 6.36. The van der Waals surface area contributed by atoms with Gasteiger partial charge in [-0.2, -0.15) is 0 Å². The van der Waals surface area contributed by atoms with Crippen LogP contribution in [0.4, 0.5) is 0 Å². The zero-order chi connectivity index (χ0) is 12.1. The first-order valence-electron chi connectivity index (χ1n) is 5.92. The number of aromatic amines is 1. The van der Waals surface area contributed by atoms with Crippen molar-refractivity contribution in [3.05, 3.63) is 59.6 Å². The smallest absolute Gasteiger partial charge is 0.0506 e. The van der Waals surface area contributed by atoms with Crippen molar-refractivity contribution < 1.29 is 0 Å². The van der Waals surface area contributed by atoms with E-state index in [9.17, 15) is 0 Å². The van der Waals surface area contributed by atoms with Gasteiger partial charge in [0.1, 0.15) is 0 Å². The van der Waals surface area contributed by atoms with Crippen LogP contribution >= 0.6 is 11.6 Å². The third kappa shape index (κ3) is 1.22. The molecule has 0 radical (unpaired) electrons. The molecular formula is C16H10ClN. The van der Waals surface area contributed by atoms with Gasteiger partial charge in [-0.05, 0) is 29.0 Å². The predicted octanol–water partition coefficient (Wildman–Crippen LogP) is 5.13. The van der Waals surface area contributed by atoms with Crippen LogP contribution in [0.5, 0.6) is 0 Å². The van der Waals surface area contributed by atoms with Gasteiger partial charge >= 0.3 is 0 Å². The summed E-state index contributed by atoms with van der Waals surface area (Å²) in [4.78, 5) is 3.43. The normalized spacial score (nSPS) is 11.6. The van der Waals surface area contributed by atoms with E-state index in [0.29, 0.717) is 0 Å². The number of halogens is 1. The Hall–Kier alpha value is -1.99. The van der Waals surface area contributed by atoms with Crippen molar-refractivity contribution in [3.63, 3.8) is 0 Å². The summed E-state index contributed by atoms with van der Waals surface area (Å²) in [7, 11) is 0. The zero-order valence-corrected chi connectivity index (χ0v) is 10.3. The second kappa shape index (κ2) is 3.50. The van der Waals surface area contributed by atoms with Gasteiger partial charge in [0.15, 0.2) is 0 Å². The highest BCUT2D eigenvalue weighted by molar-refractivity contribution is 6.39. The minimum atomic E-state index is 0.801. The number of H-pyrrole nitrogens is 1. The van der Waals surface area contributed by atoms with Crippen molar-refractivity contribution in [2.24, 2.45) is 0 Å². The van der Waals surface area contributed by atoms with Gasteiger partial charge in [0.2, 0.25) is 0 Å². The number of hydrogen-bond acceptors (Lipinski definition) is 0. The fraction of sp³-hybridized carbons (Fsp3) is 0. The first-order valence-corrected chi connectivity index (χ1v) is 6.30. The van der Waals surface area contributed by atoms with Gasteiger partial charge in [-0.3, -0.25) is 0 Å². The maximum Gasteiger partial charge on any atom is 0.0506 e. The second-order valence-electron chi connectivity index (χ2n) is 4.50. The SMILES string of the molecule is Clc1cccc2[nH]c3ccc4ccccc4c3c12. The summed E-state index contributed by atoms with van der Waals surface area (Å²) in [5, 5.41) is 5.62. The van der Waals surface area contributed by atoms with Gasteiger partial charge in [-0.15, -0.1) is 0 Å². The Labute approximate surface area is 109 Å². The molecule has 0 fully saturated rings. The molecule has 0 aliphatic heterocycles. The molecule has 0 saturated heterocycles. The van der Waals surface area contributed by atoms with E-state index in [4.69, 9.17) is 11.6 Å². The Morgan fingerprint density at radius 3 is 2.50 bits per heavy atom. The average Bonchev–Trinajstić information content (AvgIpc) is 2.79. The molecular weight excluding hydrogens is 242 g/mol. The van der Waals surface area contributed by atoms with E-state index in [-0.39, 0.29) is 0 Å². The number of benzene rings is 3. The van der Waals surface area contributed by atoms with Crippen LogP contribution in [0.15, 0.2) is 54.6 Å². The van der Waals surface area contributed by atoms with E-state index in [1.54, 1.807) is 0 Å². The van der Waals surface area contributed by atoms with E-state index < -0.39 is 0 Å². The molecule has 0 atom stereocenters. The molecule has 0 saturated carbocycles. The molecule has 0 bridgehead atoms. The van der Waals surface area contributed by atoms with Gasteiger partial charge in [-0.1, -0.05) is 48.0 Å². The maximum atomic E-state index is 6.36. The molecule has 0 unspecified atom stereocenters. The Morgan fingerprint density at radius 2 is 1.56 bits per heavy atom. The van der Waals surface area contributed by atoms with Crippen molar-refractivity contribution in [1.82, 2.24) is 4.98 Å². The van der Waals surface area contributed by atoms with Crippen molar-refractivity contribution in [2.45, 2.75) is 0 Å². The van der Waals surface area contributed by atoms with Crippen LogP contribution in [0.3, 0.4) is 0 Å². The molecule has 0 spiro atoms. The number of aromatic nitrogens is 1. The Balaban J connectivity index is 2.40. The lowest BCUT2D eigenvalue weighted by molar-refractivity contribution is 1.55. The van der Waals surface area contributed by atoms with E-state index in [1.165, 1.54) is 16.2 Å². The van der Waals surface area contributed by atoms with Crippen LogP contribution in [0.1, 0.15) is 0 Å². The summed E-state index contributed by atoms with van der Waals surface area (Å²) in [6, 6.07) is 18.6. The molecule has 4 aromatic rings. The highest BCUT2D eigenvalue weighted by Gasteiger charge is 2.09. The summed E-state index contributed by atoms with van der Waals surface area (Å²) < 4.78 is 0. The van der Waals surface area contributed by atoms with Gasteiger partial charge in [0.05, 0.1) is 5.02 Å². The number of rotatable bonds is 0. The molecule has 4 rings (SSSR count). The summed E-state index contributed by atoms with van der Waals surface area (Å²) in [6.45, 7) is 0. The third-order valence-corrected chi connectivity index (χ3v) is 3.78. The van der Waals surface area contributed by atoms with Gasteiger partial charge in [0, 0.05) is 21.8 Å². The average molecular weight is 252 g/mol. The Bertz CT molecular complexity index is 889. The third-order valence-electron chi connectivity index (χ3n) is 3.46. The second-order valence-corrected chi connectivity index (χ2v) is 4.90.